The van der Waals surface area contributed by atoms with E-state index in [1.54, 1.807) is 0 Å². The van der Waals surface area contributed by atoms with Crippen LogP contribution in [0, 0.1) is 0 Å². The van der Waals surface area contributed by atoms with Gasteiger partial charge in [-0.2, -0.15) is 0 Å². The molecule has 0 heterocycles. The SMILES string of the molecule is CC(C)(C)c1cc(O)cc(C(C)(C)C)c1CCC(N)=O. The molecule has 3 N–H and O–H groups in total. The first kappa shape index (κ1) is 16.5. The van der Waals surface area contributed by atoms with E-state index in [4.69, 9.17) is 5.73 Å². The first-order valence-corrected chi connectivity index (χ1v) is 7.08. The van der Waals surface area contributed by atoms with Gasteiger partial charge in [-0.25, -0.2) is 0 Å². The minimum Gasteiger partial charge on any atom is -0.508 e. The monoisotopic (exact) mass is 277 g/mol. The Hall–Kier alpha value is -1.51. The Morgan fingerprint density at radius 1 is 1.05 bits per heavy atom. The average Bonchev–Trinajstić information content (AvgIpc) is 2.23. The largest absolute Gasteiger partial charge is 0.508 e. The van der Waals surface area contributed by atoms with Crippen LogP contribution in [0.25, 0.3) is 0 Å². The lowest BCUT2D eigenvalue weighted by atomic mass is 9.75. The highest BCUT2D eigenvalue weighted by atomic mass is 16.3. The predicted molar refractivity (Wildman–Crippen MR) is 83.0 cm³/mol. The molecule has 0 saturated carbocycles. The lowest BCUT2D eigenvalue weighted by Gasteiger charge is -2.30. The molecular weight excluding hydrogens is 250 g/mol. The lowest BCUT2D eigenvalue weighted by Crippen LogP contribution is -2.22. The van der Waals surface area contributed by atoms with Crippen LogP contribution in [0.2, 0.25) is 0 Å². The molecule has 0 aromatic heterocycles. The highest BCUT2D eigenvalue weighted by molar-refractivity contribution is 5.74. The van der Waals surface area contributed by atoms with Crippen molar-refractivity contribution in [1.29, 1.82) is 0 Å². The Kier molecular flexibility index (Phi) is 4.52. The fraction of sp³-hybridized carbons (Fsp3) is 0.588. The number of carbonyl (C=O) groups excluding carboxylic acids is 1. The molecule has 0 aliphatic heterocycles. The Balaban J connectivity index is 3.50. The van der Waals surface area contributed by atoms with Crippen molar-refractivity contribution in [2.24, 2.45) is 5.73 Å². The number of rotatable bonds is 3. The molecule has 0 aliphatic carbocycles. The molecule has 3 nitrogen and oxygen atoms in total. The lowest BCUT2D eigenvalue weighted by molar-refractivity contribution is -0.118. The van der Waals surface area contributed by atoms with Crippen LogP contribution in [-0.2, 0) is 22.0 Å². The number of phenols is 1. The molecule has 0 saturated heterocycles. The summed E-state index contributed by atoms with van der Waals surface area (Å²) in [5.74, 6) is -0.0135. The number of primary amides is 1. The average molecular weight is 277 g/mol. The Morgan fingerprint density at radius 2 is 1.45 bits per heavy atom. The van der Waals surface area contributed by atoms with Gasteiger partial charge >= 0.3 is 0 Å². The molecule has 0 aliphatic rings. The molecule has 112 valence electrons. The normalized spacial score (nSPS) is 12.5. The van der Waals surface area contributed by atoms with E-state index in [0.717, 1.165) is 16.7 Å². The molecule has 3 heteroatoms. The summed E-state index contributed by atoms with van der Waals surface area (Å²) in [5, 5.41) is 10.0. The van der Waals surface area contributed by atoms with Crippen molar-refractivity contribution in [2.75, 3.05) is 0 Å². The third-order valence-corrected chi connectivity index (χ3v) is 3.47. The van der Waals surface area contributed by atoms with E-state index in [2.05, 4.69) is 41.5 Å². The molecule has 0 bridgehead atoms. The number of hydrogen-bond acceptors (Lipinski definition) is 2. The van der Waals surface area contributed by atoms with Gasteiger partial charge in [0.1, 0.15) is 5.75 Å². The minimum absolute atomic E-state index is 0.0915. The van der Waals surface area contributed by atoms with Crippen molar-refractivity contribution < 1.29 is 9.90 Å². The van der Waals surface area contributed by atoms with Crippen molar-refractivity contribution in [1.82, 2.24) is 0 Å². The van der Waals surface area contributed by atoms with Gasteiger partial charge in [0.15, 0.2) is 0 Å². The fourth-order valence-corrected chi connectivity index (χ4v) is 2.51. The van der Waals surface area contributed by atoms with E-state index < -0.39 is 0 Å². The van der Waals surface area contributed by atoms with Crippen LogP contribution in [0.4, 0.5) is 0 Å². The maximum absolute atomic E-state index is 11.1. The standard InChI is InChI=1S/C17H27NO2/c1-16(2,3)13-9-11(19)10-14(17(4,5)6)12(13)7-8-15(18)20/h9-10,19H,7-8H2,1-6H3,(H2,18,20). The maximum Gasteiger partial charge on any atom is 0.217 e. The molecule has 1 aromatic rings. The van der Waals surface area contributed by atoms with Crippen LogP contribution in [-0.4, -0.2) is 11.0 Å². The summed E-state index contributed by atoms with van der Waals surface area (Å²) in [6, 6.07) is 3.62. The molecule has 0 spiro atoms. The molecule has 1 aromatic carbocycles. The second-order valence-corrected chi connectivity index (χ2v) is 7.49. The molecule has 0 atom stereocenters. The van der Waals surface area contributed by atoms with Crippen LogP contribution in [0.5, 0.6) is 5.75 Å². The van der Waals surface area contributed by atoms with Crippen LogP contribution in [0.1, 0.15) is 64.7 Å². The third-order valence-electron chi connectivity index (χ3n) is 3.47. The Morgan fingerprint density at radius 3 is 1.75 bits per heavy atom. The molecule has 0 radical (unpaired) electrons. The molecule has 0 unspecified atom stereocenters. The van der Waals surface area contributed by atoms with E-state index in [1.165, 1.54) is 0 Å². The second-order valence-electron chi connectivity index (χ2n) is 7.49. The highest BCUT2D eigenvalue weighted by Gasteiger charge is 2.26. The maximum atomic E-state index is 11.1. The second kappa shape index (κ2) is 5.47. The third kappa shape index (κ3) is 3.99. The van der Waals surface area contributed by atoms with Gasteiger partial charge in [0.05, 0.1) is 0 Å². The van der Waals surface area contributed by atoms with Gasteiger partial charge in [0.2, 0.25) is 5.91 Å². The highest BCUT2D eigenvalue weighted by Crippen LogP contribution is 2.37. The number of amides is 1. The Bertz CT molecular complexity index is 470. The first-order valence-electron chi connectivity index (χ1n) is 7.08. The quantitative estimate of drug-likeness (QED) is 0.889. The first-order chi connectivity index (χ1) is 8.93. The van der Waals surface area contributed by atoms with Crippen LogP contribution in [0.3, 0.4) is 0 Å². The summed E-state index contributed by atoms with van der Waals surface area (Å²) < 4.78 is 0. The van der Waals surface area contributed by atoms with Crippen molar-refractivity contribution >= 4 is 5.91 Å². The minimum atomic E-state index is -0.294. The smallest absolute Gasteiger partial charge is 0.217 e. The van der Waals surface area contributed by atoms with Crippen molar-refractivity contribution in [3.8, 4) is 5.75 Å². The van der Waals surface area contributed by atoms with Gasteiger partial charge in [0, 0.05) is 6.42 Å². The van der Waals surface area contributed by atoms with Crippen molar-refractivity contribution in [3.63, 3.8) is 0 Å². The number of phenolic OH excluding ortho intramolecular Hbond substituents is 1. The number of carbonyl (C=O) groups is 1. The Labute approximate surface area is 122 Å². The molecule has 20 heavy (non-hydrogen) atoms. The van der Waals surface area contributed by atoms with Crippen LogP contribution in [0.15, 0.2) is 12.1 Å². The van der Waals surface area contributed by atoms with Gasteiger partial charge < -0.3 is 10.8 Å². The fourth-order valence-electron chi connectivity index (χ4n) is 2.51. The van der Waals surface area contributed by atoms with E-state index >= 15 is 0 Å². The van der Waals surface area contributed by atoms with Gasteiger partial charge in [-0.05, 0) is 46.1 Å². The van der Waals surface area contributed by atoms with Crippen LogP contribution < -0.4 is 5.73 Å². The van der Waals surface area contributed by atoms with E-state index in [-0.39, 0.29) is 22.5 Å². The number of hydrogen-bond donors (Lipinski definition) is 2. The van der Waals surface area contributed by atoms with Gasteiger partial charge in [0.25, 0.3) is 0 Å². The topological polar surface area (TPSA) is 63.3 Å². The van der Waals surface area contributed by atoms with Gasteiger partial charge in [-0.1, -0.05) is 41.5 Å². The summed E-state index contributed by atoms with van der Waals surface area (Å²) in [5.41, 5.74) is 8.43. The molecule has 1 amide bonds. The predicted octanol–water partition coefficient (Wildman–Crippen LogP) is 3.41. The van der Waals surface area contributed by atoms with Crippen molar-refractivity contribution in [2.45, 2.75) is 65.2 Å². The summed E-state index contributed by atoms with van der Waals surface area (Å²) >= 11 is 0. The molecular formula is C17H27NO2. The summed E-state index contributed by atoms with van der Waals surface area (Å²) in [6.45, 7) is 12.7. The molecule has 0 fully saturated rings. The molecule has 1 rings (SSSR count). The number of benzene rings is 1. The zero-order valence-corrected chi connectivity index (χ0v) is 13.5. The van der Waals surface area contributed by atoms with Gasteiger partial charge in [-0.3, -0.25) is 4.79 Å². The summed E-state index contributed by atoms with van der Waals surface area (Å²) in [6.07, 6.45) is 0.950. The van der Waals surface area contributed by atoms with Crippen LogP contribution >= 0.6 is 0 Å². The number of aromatic hydroxyl groups is 1. The number of nitrogens with two attached hydrogens (primary N) is 1. The zero-order valence-electron chi connectivity index (χ0n) is 13.5. The summed E-state index contributed by atoms with van der Waals surface area (Å²) in [7, 11) is 0. The summed E-state index contributed by atoms with van der Waals surface area (Å²) in [4.78, 5) is 11.1. The van der Waals surface area contributed by atoms with E-state index in [9.17, 15) is 9.90 Å². The zero-order chi connectivity index (χ0) is 15.7. The van der Waals surface area contributed by atoms with Gasteiger partial charge in [-0.15, -0.1) is 0 Å². The van der Waals surface area contributed by atoms with E-state index in [1.807, 2.05) is 12.1 Å². The van der Waals surface area contributed by atoms with Crippen molar-refractivity contribution in [3.05, 3.63) is 28.8 Å². The van der Waals surface area contributed by atoms with E-state index in [0.29, 0.717) is 12.8 Å².